The van der Waals surface area contributed by atoms with Crippen LogP contribution < -0.4 is 4.74 Å². The molecule has 0 aromatic heterocycles. The molecule has 1 saturated heterocycles. The molecule has 1 aromatic rings. The van der Waals surface area contributed by atoms with Crippen LogP contribution in [-0.2, 0) is 11.8 Å². The lowest BCUT2D eigenvalue weighted by atomic mass is 9.52. The molecule has 3 aliphatic rings. The lowest BCUT2D eigenvalue weighted by molar-refractivity contribution is 0.00274. The minimum atomic E-state index is -3.77. The van der Waals surface area contributed by atoms with Gasteiger partial charge in [0.2, 0.25) is 0 Å². The van der Waals surface area contributed by atoms with E-state index in [2.05, 4.69) is 0 Å². The summed E-state index contributed by atoms with van der Waals surface area (Å²) < 4.78 is 141. The van der Waals surface area contributed by atoms with Gasteiger partial charge in [-0.1, -0.05) is 18.8 Å². The van der Waals surface area contributed by atoms with Gasteiger partial charge in [0.1, 0.15) is 5.75 Å². The number of rotatable bonds is 1. The minimum Gasteiger partial charge on any atom is -0.497 e. The van der Waals surface area contributed by atoms with E-state index in [0.29, 0.717) is 0 Å². The zero-order valence-electron chi connectivity index (χ0n) is 26.9. The van der Waals surface area contributed by atoms with Crippen LogP contribution in [0.5, 0.6) is 5.75 Å². The summed E-state index contributed by atoms with van der Waals surface area (Å²) in [5, 5.41) is 0. The van der Waals surface area contributed by atoms with Crippen LogP contribution in [0.15, 0.2) is 18.2 Å². The van der Waals surface area contributed by atoms with Gasteiger partial charge in [-0.15, -0.1) is 0 Å². The van der Waals surface area contributed by atoms with Gasteiger partial charge in [0.15, 0.2) is 0 Å². The molecule has 1 heterocycles. The first kappa shape index (κ1) is 4.25. The predicted molar refractivity (Wildman–Crippen MR) is 81.4 cm³/mol. The first-order chi connectivity index (χ1) is 15.8. The number of likely N-dealkylation sites (N-methyl/N-ethyl adjacent to an activating group) is 1. The van der Waals surface area contributed by atoms with Crippen molar-refractivity contribution < 1.29 is 26.7 Å². The number of likely N-dealkylation sites (tertiary alicyclic amines) is 1. The van der Waals surface area contributed by atoms with Crippen molar-refractivity contribution in [3.05, 3.63) is 29.3 Å². The quantitative estimate of drug-likeness (QED) is 0.785. The molecule has 2 heteroatoms. The third-order valence-corrected chi connectivity index (χ3v) is 4.15. The second kappa shape index (κ2) is 4.49. The average molecular weight is 288 g/mol. The number of methoxy groups -OCH3 is 1. The largest absolute Gasteiger partial charge is 0.497 e. The maximum atomic E-state index is 9.50. The van der Waals surface area contributed by atoms with E-state index in [1.807, 2.05) is 0 Å². The van der Waals surface area contributed by atoms with E-state index in [-0.39, 0.29) is 12.0 Å². The lowest BCUT2D eigenvalue weighted by Gasteiger charge is -2.58. The number of fused-ring (bicyclic) bond motifs is 1. The van der Waals surface area contributed by atoms with E-state index in [9.17, 15) is 1.37 Å². The van der Waals surface area contributed by atoms with Crippen LogP contribution in [0.4, 0.5) is 0 Å². The van der Waals surface area contributed by atoms with Crippen LogP contribution in [0, 0.1) is 5.89 Å². The fourth-order valence-electron chi connectivity index (χ4n) is 3.13. The topological polar surface area (TPSA) is 12.5 Å². The SMILES string of the molecule is [2H]C([2H])([2H])Oc1ccc2c(c1)[C@@]13C([2H])([2H])C([2H])([2H])N(C)C(C2)[C@@]1([2H])C([2H])([2H])C([2H])([2H])C([2H])([2H])C3([2H])[2H]. The molecule has 2 fully saturated rings. The monoisotopic (exact) mass is 287 g/mol. The summed E-state index contributed by atoms with van der Waals surface area (Å²) in [7, 11) is -1.89. The van der Waals surface area contributed by atoms with Crippen molar-refractivity contribution in [3.8, 4) is 5.75 Å². The predicted octanol–water partition coefficient (Wildman–Crippen LogP) is 3.38. The lowest BCUT2D eigenvalue weighted by Crippen LogP contribution is -2.59. The number of ether oxygens (including phenoxy) is 1. The molecule has 2 aliphatic carbocycles. The van der Waals surface area contributed by atoms with Crippen LogP contribution in [0.1, 0.15) is 64.9 Å². The highest BCUT2D eigenvalue weighted by Gasteiger charge is 2.53. The van der Waals surface area contributed by atoms with Gasteiger partial charge in [-0.3, -0.25) is 0 Å². The van der Waals surface area contributed by atoms with Crippen LogP contribution in [0.3, 0.4) is 0 Å². The second-order valence-corrected chi connectivity index (χ2v) is 5.15. The van der Waals surface area contributed by atoms with Crippen molar-refractivity contribution in [1.82, 2.24) is 4.90 Å². The molecule has 4 rings (SSSR count). The van der Waals surface area contributed by atoms with E-state index in [1.54, 1.807) is 0 Å². The van der Waals surface area contributed by atoms with E-state index in [0.717, 1.165) is 18.0 Å². The molecule has 0 spiro atoms. The zero-order valence-corrected chi connectivity index (χ0v) is 10.9. The van der Waals surface area contributed by atoms with Crippen molar-refractivity contribution >= 4 is 0 Å². The van der Waals surface area contributed by atoms with Crippen LogP contribution in [0.2, 0.25) is 0 Å². The molecule has 1 aromatic carbocycles. The highest BCUT2D eigenvalue weighted by molar-refractivity contribution is 5.45. The van der Waals surface area contributed by atoms with Gasteiger partial charge in [0.25, 0.3) is 0 Å². The van der Waals surface area contributed by atoms with E-state index >= 15 is 0 Å². The van der Waals surface area contributed by atoms with Gasteiger partial charge < -0.3 is 9.64 Å². The molecule has 0 radical (unpaired) electrons. The Labute approximate surface area is 144 Å². The Bertz CT molecular complexity index is 1110. The van der Waals surface area contributed by atoms with Crippen molar-refractivity contribution in [2.24, 2.45) is 5.89 Å². The number of nitrogens with zero attached hydrogens (tertiary/aromatic N) is 1. The summed E-state index contributed by atoms with van der Waals surface area (Å²) >= 11 is 0. The standard InChI is InChI=1S/C18H25NO/c1-19-10-9-18-8-4-3-5-15(18)17(19)11-13-6-7-14(20-2)12-16(13)18/h6-7,12,15,17H,3-5,8-11H2,1-2H3/t15-,17?,18+/m1/s1/i2D3,3D2,4D2,5D2,8D2,9D2,10D2,15D. The van der Waals surface area contributed by atoms with Crippen molar-refractivity contribution in [3.63, 3.8) is 0 Å². The molecule has 108 valence electrons. The Morgan fingerprint density at radius 3 is 3.30 bits per heavy atom. The third kappa shape index (κ3) is 1.60. The zero-order chi connectivity index (χ0) is 27.9. The van der Waals surface area contributed by atoms with Crippen molar-refractivity contribution in [1.29, 1.82) is 0 Å². The molecular formula is C18H25NO. The maximum Gasteiger partial charge on any atom is 0.119 e. The highest BCUT2D eigenvalue weighted by Crippen LogP contribution is 2.55. The number of hydrogen-bond donors (Lipinski definition) is 0. The van der Waals surface area contributed by atoms with Crippen molar-refractivity contribution in [2.45, 2.75) is 49.7 Å². The molecule has 1 saturated carbocycles. The summed E-state index contributed by atoms with van der Waals surface area (Å²) in [4.78, 5) is 0.763. The number of benzene rings is 1. The Morgan fingerprint density at radius 1 is 1.45 bits per heavy atom. The molecule has 0 N–H and O–H groups in total. The first-order valence-corrected chi connectivity index (χ1v) is 6.38. The fraction of sp³-hybridized carbons (Fsp3) is 0.667. The molecule has 2 bridgehead atoms. The minimum absolute atomic E-state index is 0.116. The van der Waals surface area contributed by atoms with Crippen LogP contribution in [-0.4, -0.2) is 31.5 Å². The molecule has 2 nitrogen and oxygen atoms in total. The summed E-state index contributed by atoms with van der Waals surface area (Å²) in [5.41, 5.74) is -3.70. The first-order valence-electron chi connectivity index (χ1n) is 14.4. The Morgan fingerprint density at radius 2 is 2.40 bits per heavy atom. The fourth-order valence-corrected chi connectivity index (χ4v) is 3.13. The van der Waals surface area contributed by atoms with Crippen molar-refractivity contribution in [2.75, 3.05) is 20.6 Å². The summed E-state index contributed by atoms with van der Waals surface area (Å²) in [5.74, 6) is -3.56. The second-order valence-electron chi connectivity index (χ2n) is 5.15. The van der Waals surface area contributed by atoms with E-state index in [4.69, 9.17) is 25.3 Å². The average Bonchev–Trinajstić information content (AvgIpc) is 2.69. The molecule has 1 aliphatic heterocycles. The summed E-state index contributed by atoms with van der Waals surface area (Å²) in [6.45, 7) is -3.08. The van der Waals surface area contributed by atoms with Gasteiger partial charge in [0, 0.05) is 29.3 Å². The van der Waals surface area contributed by atoms with Gasteiger partial charge in [-0.2, -0.15) is 0 Å². The molecule has 20 heavy (non-hydrogen) atoms. The summed E-state index contributed by atoms with van der Waals surface area (Å²) in [6.07, 6.45) is -18.6. The van der Waals surface area contributed by atoms with Gasteiger partial charge in [-0.05, 0) is 68.2 Å². The number of piperidine rings is 1. The normalized spacial score (nSPS) is 67.3. The Balaban J connectivity index is 2.27. The van der Waals surface area contributed by atoms with E-state index < -0.39 is 74.1 Å². The van der Waals surface area contributed by atoms with Gasteiger partial charge in [0.05, 0.1) is 11.2 Å². The van der Waals surface area contributed by atoms with Crippen LogP contribution in [0.25, 0.3) is 0 Å². The molecule has 0 amide bonds. The number of hydrogen-bond acceptors (Lipinski definition) is 2. The third-order valence-electron chi connectivity index (χ3n) is 4.15. The maximum absolute atomic E-state index is 9.50. The smallest absolute Gasteiger partial charge is 0.119 e. The highest BCUT2D eigenvalue weighted by atomic mass is 16.5. The molecule has 3 atom stereocenters. The molecule has 1 unspecified atom stereocenters. The van der Waals surface area contributed by atoms with Gasteiger partial charge >= 0.3 is 0 Å². The van der Waals surface area contributed by atoms with E-state index in [1.165, 1.54) is 12.1 Å². The Hall–Kier alpha value is -1.02. The Kier molecular flexibility index (Phi) is 0.955. The summed E-state index contributed by atoms with van der Waals surface area (Å²) in [6, 6.07) is 1.75. The van der Waals surface area contributed by atoms with Crippen LogP contribution >= 0.6 is 0 Å². The van der Waals surface area contributed by atoms with Gasteiger partial charge in [-0.25, -0.2) is 0 Å². The molecular weight excluding hydrogens is 246 g/mol.